The third-order valence-corrected chi connectivity index (χ3v) is 6.20. The molecule has 3 rings (SSSR count). The minimum absolute atomic E-state index is 0.0626. The summed E-state index contributed by atoms with van der Waals surface area (Å²) in [5, 5.41) is 8.09. The summed E-state index contributed by atoms with van der Waals surface area (Å²) >= 11 is 3.28. The molecule has 1 aliphatic heterocycles. The van der Waals surface area contributed by atoms with Gasteiger partial charge < -0.3 is 10.2 Å². The maximum absolute atomic E-state index is 12.9. The minimum atomic E-state index is -3.94. The van der Waals surface area contributed by atoms with Gasteiger partial charge in [-0.2, -0.15) is 0 Å². The number of likely N-dealkylation sites (tertiary alicyclic amines) is 1. The number of nitrogens with two attached hydrogens (primary N) is 1. The lowest BCUT2D eigenvalue weighted by molar-refractivity contribution is -0.128. The molecule has 28 heavy (non-hydrogen) atoms. The molecule has 7 nitrogen and oxygen atoms in total. The number of rotatable bonds is 6. The molecule has 0 aliphatic carbocycles. The summed E-state index contributed by atoms with van der Waals surface area (Å²) < 4.78 is 23.7. The molecule has 1 unspecified atom stereocenters. The lowest BCUT2D eigenvalue weighted by atomic mass is 10.1. The first-order valence-corrected chi connectivity index (χ1v) is 11.1. The molecule has 0 saturated carbocycles. The van der Waals surface area contributed by atoms with Gasteiger partial charge in [-0.15, -0.1) is 0 Å². The van der Waals surface area contributed by atoms with Gasteiger partial charge in [-0.05, 0) is 46.1 Å². The van der Waals surface area contributed by atoms with Gasteiger partial charge in [0, 0.05) is 24.0 Å². The van der Waals surface area contributed by atoms with E-state index in [1.807, 2.05) is 30.3 Å². The number of nitrogens with zero attached hydrogens (tertiary/aromatic N) is 1. The van der Waals surface area contributed by atoms with Crippen LogP contribution in [0.15, 0.2) is 57.9 Å². The monoisotopic (exact) mass is 465 g/mol. The summed E-state index contributed by atoms with van der Waals surface area (Å²) in [5.41, 5.74) is 1.01. The van der Waals surface area contributed by atoms with Crippen molar-refractivity contribution in [2.24, 2.45) is 5.14 Å². The van der Waals surface area contributed by atoms with Crippen LogP contribution in [0.4, 0.5) is 0 Å². The molecule has 0 radical (unpaired) electrons. The van der Waals surface area contributed by atoms with Gasteiger partial charge in [-0.1, -0.05) is 30.3 Å². The smallest absolute Gasteiger partial charge is 0.253 e. The molecule has 1 heterocycles. The number of carbonyl (C=O) groups is 2. The van der Waals surface area contributed by atoms with Crippen LogP contribution in [0.2, 0.25) is 0 Å². The SMILES string of the molecule is NS(=O)(=O)c1ccc(Br)c(C(=O)NC(CN2CCCC2=O)c2ccccc2)c1. The number of hydrogen-bond acceptors (Lipinski definition) is 4. The Morgan fingerprint density at radius 1 is 1.21 bits per heavy atom. The quantitative estimate of drug-likeness (QED) is 0.680. The number of carbonyl (C=O) groups excluding carboxylic acids is 2. The summed E-state index contributed by atoms with van der Waals surface area (Å²) in [6.45, 7) is 1.00. The minimum Gasteiger partial charge on any atom is -0.343 e. The number of amides is 2. The molecule has 0 aromatic heterocycles. The highest BCUT2D eigenvalue weighted by molar-refractivity contribution is 9.10. The molecular formula is C19H20BrN3O4S. The fourth-order valence-corrected chi connectivity index (χ4v) is 4.10. The van der Waals surface area contributed by atoms with E-state index in [2.05, 4.69) is 21.2 Å². The van der Waals surface area contributed by atoms with Crippen molar-refractivity contribution in [3.63, 3.8) is 0 Å². The fraction of sp³-hybridized carbons (Fsp3) is 0.263. The van der Waals surface area contributed by atoms with Gasteiger partial charge in [-0.3, -0.25) is 9.59 Å². The Balaban J connectivity index is 1.88. The molecule has 2 aromatic carbocycles. The van der Waals surface area contributed by atoms with Crippen molar-refractivity contribution in [2.75, 3.05) is 13.1 Å². The van der Waals surface area contributed by atoms with Crippen molar-refractivity contribution in [3.05, 3.63) is 64.1 Å². The van der Waals surface area contributed by atoms with Crippen LogP contribution in [0.3, 0.4) is 0 Å². The number of nitrogens with one attached hydrogen (secondary N) is 1. The largest absolute Gasteiger partial charge is 0.343 e. The number of sulfonamides is 1. The summed E-state index contributed by atoms with van der Waals surface area (Å²) in [7, 11) is -3.94. The Morgan fingerprint density at radius 2 is 1.93 bits per heavy atom. The molecule has 1 fully saturated rings. The van der Waals surface area contributed by atoms with Crippen molar-refractivity contribution >= 4 is 37.8 Å². The standard InChI is InChI=1S/C19H20BrN3O4S/c20-16-9-8-14(28(21,26)27)11-15(16)19(25)22-17(13-5-2-1-3-6-13)12-23-10-4-7-18(23)24/h1-3,5-6,8-9,11,17H,4,7,10,12H2,(H,22,25)(H2,21,26,27). The molecule has 2 aromatic rings. The van der Waals surface area contributed by atoms with Crippen molar-refractivity contribution in [3.8, 4) is 0 Å². The van der Waals surface area contributed by atoms with Gasteiger partial charge in [0.2, 0.25) is 15.9 Å². The topological polar surface area (TPSA) is 110 Å². The first kappa shape index (κ1) is 20.5. The average molecular weight is 466 g/mol. The van der Waals surface area contributed by atoms with Crippen molar-refractivity contribution < 1.29 is 18.0 Å². The second kappa shape index (κ2) is 8.42. The van der Waals surface area contributed by atoms with Gasteiger partial charge in [0.25, 0.3) is 5.91 Å². The maximum Gasteiger partial charge on any atom is 0.253 e. The maximum atomic E-state index is 12.9. The highest BCUT2D eigenvalue weighted by Crippen LogP contribution is 2.23. The Labute approximate surface area is 172 Å². The van der Waals surface area contributed by atoms with Crippen molar-refractivity contribution in [2.45, 2.75) is 23.8 Å². The van der Waals surface area contributed by atoms with Crippen LogP contribution in [-0.4, -0.2) is 38.2 Å². The third-order valence-electron chi connectivity index (χ3n) is 4.59. The van der Waals surface area contributed by atoms with E-state index >= 15 is 0 Å². The lowest BCUT2D eigenvalue weighted by Crippen LogP contribution is -2.38. The number of primary sulfonamides is 1. The van der Waals surface area contributed by atoms with Crippen LogP contribution in [0.25, 0.3) is 0 Å². The normalized spacial score (nSPS) is 15.5. The van der Waals surface area contributed by atoms with E-state index in [1.54, 1.807) is 4.90 Å². The van der Waals surface area contributed by atoms with E-state index in [0.29, 0.717) is 24.0 Å². The predicted molar refractivity (Wildman–Crippen MR) is 108 cm³/mol. The van der Waals surface area contributed by atoms with E-state index in [9.17, 15) is 18.0 Å². The second-order valence-electron chi connectivity index (χ2n) is 6.57. The molecule has 1 saturated heterocycles. The summed E-state index contributed by atoms with van der Waals surface area (Å²) in [6, 6.07) is 12.9. The van der Waals surface area contributed by atoms with Gasteiger partial charge in [0.1, 0.15) is 0 Å². The highest BCUT2D eigenvalue weighted by atomic mass is 79.9. The molecule has 148 valence electrons. The molecule has 2 amide bonds. The van der Waals surface area contributed by atoms with Gasteiger partial charge in [0.15, 0.2) is 0 Å². The Morgan fingerprint density at radius 3 is 2.54 bits per heavy atom. The fourth-order valence-electron chi connectivity index (χ4n) is 3.13. The van der Waals surface area contributed by atoms with Gasteiger partial charge >= 0.3 is 0 Å². The summed E-state index contributed by atoms with van der Waals surface area (Å²) in [5.74, 6) is -0.398. The molecule has 9 heteroatoms. The molecule has 0 bridgehead atoms. The van der Waals surface area contributed by atoms with Crippen LogP contribution >= 0.6 is 15.9 Å². The average Bonchev–Trinajstić information content (AvgIpc) is 3.06. The number of hydrogen-bond donors (Lipinski definition) is 2. The van der Waals surface area contributed by atoms with Crippen molar-refractivity contribution in [1.82, 2.24) is 10.2 Å². The Hall–Kier alpha value is -2.23. The molecule has 1 atom stereocenters. The zero-order valence-corrected chi connectivity index (χ0v) is 17.4. The van der Waals surface area contributed by atoms with E-state index in [4.69, 9.17) is 5.14 Å². The number of benzene rings is 2. The summed E-state index contributed by atoms with van der Waals surface area (Å²) in [6.07, 6.45) is 1.31. The number of halogens is 1. The molecular weight excluding hydrogens is 446 g/mol. The van der Waals surface area contributed by atoms with Crippen LogP contribution in [-0.2, 0) is 14.8 Å². The van der Waals surface area contributed by atoms with Gasteiger partial charge in [0.05, 0.1) is 16.5 Å². The molecule has 0 spiro atoms. The Bertz CT molecular complexity index is 995. The highest BCUT2D eigenvalue weighted by Gasteiger charge is 2.26. The first-order chi connectivity index (χ1) is 13.3. The van der Waals surface area contributed by atoms with E-state index in [0.717, 1.165) is 12.0 Å². The lowest BCUT2D eigenvalue weighted by Gasteiger charge is -2.25. The van der Waals surface area contributed by atoms with Gasteiger partial charge in [-0.25, -0.2) is 13.6 Å². The van der Waals surface area contributed by atoms with E-state index < -0.39 is 22.0 Å². The third kappa shape index (κ3) is 4.78. The van der Waals surface area contributed by atoms with Crippen LogP contribution in [0, 0.1) is 0 Å². The van der Waals surface area contributed by atoms with Crippen LogP contribution in [0.5, 0.6) is 0 Å². The van der Waals surface area contributed by atoms with Crippen LogP contribution in [0.1, 0.15) is 34.8 Å². The predicted octanol–water partition coefficient (Wildman–Crippen LogP) is 2.19. The summed E-state index contributed by atoms with van der Waals surface area (Å²) in [4.78, 5) is 26.5. The van der Waals surface area contributed by atoms with Crippen LogP contribution < -0.4 is 10.5 Å². The molecule has 3 N–H and O–H groups in total. The van der Waals surface area contributed by atoms with Crippen molar-refractivity contribution in [1.29, 1.82) is 0 Å². The zero-order chi connectivity index (χ0) is 20.3. The second-order valence-corrected chi connectivity index (χ2v) is 8.98. The van der Waals surface area contributed by atoms with E-state index in [-0.39, 0.29) is 16.4 Å². The molecule has 1 aliphatic rings. The Kier molecular flexibility index (Phi) is 6.17. The first-order valence-electron chi connectivity index (χ1n) is 8.71. The van der Waals surface area contributed by atoms with E-state index in [1.165, 1.54) is 18.2 Å². The zero-order valence-electron chi connectivity index (χ0n) is 15.0.